The minimum absolute atomic E-state index is 0.00300. The molecule has 2 aromatic heterocycles. The third kappa shape index (κ3) is 3.74. The van der Waals surface area contributed by atoms with Crippen LogP contribution in [0.5, 0.6) is 0 Å². The highest BCUT2D eigenvalue weighted by molar-refractivity contribution is 7.15. The Morgan fingerprint density at radius 2 is 1.90 bits per heavy atom. The number of thiophene rings is 1. The Hall–Kier alpha value is -3.16. The molecule has 0 unspecified atom stereocenters. The number of fused-ring (bicyclic) bond motifs is 1. The molecule has 0 radical (unpaired) electrons. The van der Waals surface area contributed by atoms with Gasteiger partial charge in [-0.2, -0.15) is 0 Å². The summed E-state index contributed by atoms with van der Waals surface area (Å²) in [6.07, 6.45) is 1.38. The summed E-state index contributed by atoms with van der Waals surface area (Å²) in [7, 11) is 0. The second kappa shape index (κ2) is 7.69. The van der Waals surface area contributed by atoms with Crippen molar-refractivity contribution >= 4 is 50.7 Å². The molecule has 0 saturated heterocycles. The second-order valence-corrected chi connectivity index (χ2v) is 7.52. The zero-order valence-corrected chi connectivity index (χ0v) is 16.6. The van der Waals surface area contributed by atoms with Gasteiger partial charge in [-0.1, -0.05) is 29.8 Å². The molecule has 1 amide bonds. The van der Waals surface area contributed by atoms with Gasteiger partial charge in [-0.05, 0) is 36.8 Å². The van der Waals surface area contributed by atoms with Crippen molar-refractivity contribution in [2.45, 2.75) is 6.92 Å². The van der Waals surface area contributed by atoms with Crippen molar-refractivity contribution in [1.82, 2.24) is 9.97 Å². The van der Waals surface area contributed by atoms with Gasteiger partial charge in [0.1, 0.15) is 16.5 Å². The number of nitrogens with zero attached hydrogens (tertiary/aromatic N) is 2. The van der Waals surface area contributed by atoms with Crippen LogP contribution in [-0.4, -0.2) is 21.7 Å². The summed E-state index contributed by atoms with van der Waals surface area (Å²) in [6.45, 7) is 1.39. The van der Waals surface area contributed by atoms with E-state index in [1.54, 1.807) is 23.6 Å². The van der Waals surface area contributed by atoms with Crippen LogP contribution in [0.25, 0.3) is 22.2 Å². The van der Waals surface area contributed by atoms with E-state index < -0.39 is 11.7 Å². The maximum Gasteiger partial charge on any atom is 0.276 e. The van der Waals surface area contributed by atoms with Crippen molar-refractivity contribution in [1.29, 1.82) is 0 Å². The van der Waals surface area contributed by atoms with Crippen molar-refractivity contribution in [2.24, 2.45) is 0 Å². The van der Waals surface area contributed by atoms with Crippen LogP contribution in [0.4, 0.5) is 9.39 Å². The van der Waals surface area contributed by atoms with Crippen LogP contribution in [0.1, 0.15) is 27.8 Å². The van der Waals surface area contributed by atoms with E-state index in [1.807, 2.05) is 12.1 Å². The fourth-order valence-corrected chi connectivity index (χ4v) is 4.04. The molecule has 144 valence electrons. The summed E-state index contributed by atoms with van der Waals surface area (Å²) >= 11 is 6.92. The maximum atomic E-state index is 13.9. The first-order valence-electron chi connectivity index (χ1n) is 8.55. The molecule has 2 heterocycles. The standard InChI is InChI=1S/C21H13ClFN3O2S/c1-11(27)19-13(12-6-7-14(22)15(23)8-12)10-29-21(19)26-20(28)18-9-24-16-4-2-3-5-17(16)25-18/h2-10H,1H3,(H,26,28). The number of rotatable bonds is 4. The zero-order chi connectivity index (χ0) is 20.5. The maximum absolute atomic E-state index is 13.9. The summed E-state index contributed by atoms with van der Waals surface area (Å²) in [5.74, 6) is -1.32. The minimum atomic E-state index is -0.582. The molecule has 2 aromatic carbocycles. The first-order valence-corrected chi connectivity index (χ1v) is 9.81. The predicted molar refractivity (Wildman–Crippen MR) is 112 cm³/mol. The van der Waals surface area contributed by atoms with Crippen LogP contribution in [0.15, 0.2) is 54.0 Å². The third-order valence-electron chi connectivity index (χ3n) is 4.28. The topological polar surface area (TPSA) is 72.0 Å². The fraction of sp³-hybridized carbons (Fsp3) is 0.0476. The van der Waals surface area contributed by atoms with E-state index in [2.05, 4.69) is 15.3 Å². The summed E-state index contributed by atoms with van der Waals surface area (Å²) < 4.78 is 13.9. The van der Waals surface area contributed by atoms with Gasteiger partial charge >= 0.3 is 0 Å². The number of carbonyl (C=O) groups excluding carboxylic acids is 2. The smallest absolute Gasteiger partial charge is 0.276 e. The summed E-state index contributed by atoms with van der Waals surface area (Å²) in [5, 5.41) is 4.78. The highest BCUT2D eigenvalue weighted by Gasteiger charge is 2.21. The molecule has 0 spiro atoms. The first-order chi connectivity index (χ1) is 13.9. The third-order valence-corrected chi connectivity index (χ3v) is 5.48. The molecule has 0 bridgehead atoms. The summed E-state index contributed by atoms with van der Waals surface area (Å²) in [4.78, 5) is 33.5. The Morgan fingerprint density at radius 1 is 1.14 bits per heavy atom. The van der Waals surface area contributed by atoms with Gasteiger partial charge in [0.25, 0.3) is 5.91 Å². The summed E-state index contributed by atoms with van der Waals surface area (Å²) in [6, 6.07) is 11.5. The van der Waals surface area contributed by atoms with Gasteiger partial charge < -0.3 is 5.32 Å². The minimum Gasteiger partial charge on any atom is -0.312 e. The fourth-order valence-electron chi connectivity index (χ4n) is 2.91. The normalized spacial score (nSPS) is 10.9. The van der Waals surface area contributed by atoms with E-state index in [-0.39, 0.29) is 16.5 Å². The molecule has 0 aliphatic heterocycles. The van der Waals surface area contributed by atoms with Crippen molar-refractivity contribution in [3.05, 3.63) is 76.1 Å². The van der Waals surface area contributed by atoms with E-state index in [1.165, 1.54) is 36.6 Å². The number of hydrogen-bond acceptors (Lipinski definition) is 5. The molecule has 8 heteroatoms. The van der Waals surface area contributed by atoms with Crippen molar-refractivity contribution in [2.75, 3.05) is 5.32 Å². The predicted octanol–water partition coefficient (Wildman–Crippen LogP) is 5.61. The lowest BCUT2D eigenvalue weighted by atomic mass is 10.0. The Balaban J connectivity index is 1.69. The van der Waals surface area contributed by atoms with Gasteiger partial charge in [-0.25, -0.2) is 9.37 Å². The molecule has 0 aliphatic rings. The molecule has 0 atom stereocenters. The molecular weight excluding hydrogens is 413 g/mol. The number of anilines is 1. The quantitative estimate of drug-likeness (QED) is 0.431. The number of para-hydroxylation sites is 2. The number of carbonyl (C=O) groups is 2. The largest absolute Gasteiger partial charge is 0.312 e. The van der Waals surface area contributed by atoms with Crippen molar-refractivity contribution in [3.63, 3.8) is 0 Å². The molecule has 29 heavy (non-hydrogen) atoms. The van der Waals surface area contributed by atoms with Crippen molar-refractivity contribution < 1.29 is 14.0 Å². The molecule has 5 nitrogen and oxygen atoms in total. The van der Waals surface area contributed by atoms with Crippen LogP contribution >= 0.6 is 22.9 Å². The second-order valence-electron chi connectivity index (χ2n) is 6.24. The number of halogens is 2. The monoisotopic (exact) mass is 425 g/mol. The Labute approximate surface area is 174 Å². The van der Waals surface area contributed by atoms with E-state index in [0.717, 1.165) is 0 Å². The Bertz CT molecular complexity index is 1270. The van der Waals surface area contributed by atoms with Gasteiger partial charge in [0.2, 0.25) is 0 Å². The zero-order valence-electron chi connectivity index (χ0n) is 15.1. The van der Waals surface area contributed by atoms with E-state index in [9.17, 15) is 14.0 Å². The number of ketones is 1. The van der Waals surface area contributed by atoms with Crippen molar-refractivity contribution in [3.8, 4) is 11.1 Å². The number of benzene rings is 2. The van der Waals surface area contributed by atoms with E-state index in [0.29, 0.717) is 32.7 Å². The van der Waals surface area contributed by atoms with Crippen LogP contribution in [0.2, 0.25) is 5.02 Å². The average molecular weight is 426 g/mol. The first kappa shape index (κ1) is 19.2. The summed E-state index contributed by atoms with van der Waals surface area (Å²) in [5.41, 5.74) is 2.73. The molecule has 0 aliphatic carbocycles. The lowest BCUT2D eigenvalue weighted by Gasteiger charge is -2.07. The van der Waals surface area contributed by atoms with Crippen LogP contribution in [-0.2, 0) is 0 Å². The number of hydrogen-bond donors (Lipinski definition) is 1. The Kier molecular flexibility index (Phi) is 5.08. The molecule has 0 fully saturated rings. The van der Waals surface area contributed by atoms with Gasteiger partial charge in [0.15, 0.2) is 5.78 Å². The molecular formula is C21H13ClFN3O2S. The van der Waals surface area contributed by atoms with Gasteiger partial charge in [0, 0.05) is 10.9 Å². The molecule has 4 aromatic rings. The number of Topliss-reactive ketones (excluding diaryl/α,β-unsaturated/α-hetero) is 1. The van der Waals surface area contributed by atoms with Gasteiger partial charge in [-0.15, -0.1) is 11.3 Å². The average Bonchev–Trinajstić information content (AvgIpc) is 3.13. The van der Waals surface area contributed by atoms with E-state index >= 15 is 0 Å². The van der Waals surface area contributed by atoms with Crippen LogP contribution < -0.4 is 5.32 Å². The number of nitrogens with one attached hydrogen (secondary N) is 1. The van der Waals surface area contributed by atoms with Crippen LogP contribution in [0, 0.1) is 5.82 Å². The highest BCUT2D eigenvalue weighted by Crippen LogP contribution is 2.37. The van der Waals surface area contributed by atoms with Crippen LogP contribution in [0.3, 0.4) is 0 Å². The van der Waals surface area contributed by atoms with E-state index in [4.69, 9.17) is 11.6 Å². The highest BCUT2D eigenvalue weighted by atomic mass is 35.5. The molecule has 0 saturated carbocycles. The van der Waals surface area contributed by atoms with Gasteiger partial charge in [0.05, 0.1) is 27.8 Å². The van der Waals surface area contributed by atoms with Gasteiger partial charge in [-0.3, -0.25) is 14.6 Å². The number of amides is 1. The Morgan fingerprint density at radius 3 is 2.62 bits per heavy atom. The number of aromatic nitrogens is 2. The lowest BCUT2D eigenvalue weighted by molar-refractivity contribution is 0.101. The molecule has 4 rings (SSSR count). The lowest BCUT2D eigenvalue weighted by Crippen LogP contribution is -2.15. The molecule has 1 N–H and O–H groups in total. The SMILES string of the molecule is CC(=O)c1c(-c2ccc(Cl)c(F)c2)csc1NC(=O)c1cnc2ccccc2n1.